The monoisotopic (exact) mass is 434 g/mol. The van der Waals surface area contributed by atoms with Crippen LogP contribution in [0.1, 0.15) is 32.1 Å². The number of hydrogen-bond acceptors (Lipinski definition) is 5. The van der Waals surface area contributed by atoms with Crippen LogP contribution in [0.3, 0.4) is 0 Å². The second kappa shape index (κ2) is 8.48. The molecule has 0 saturated carbocycles. The summed E-state index contributed by atoms with van der Waals surface area (Å²) in [5.41, 5.74) is 4.77. The van der Waals surface area contributed by atoms with Gasteiger partial charge in [0, 0.05) is 31.7 Å². The van der Waals surface area contributed by atoms with E-state index in [-0.39, 0.29) is 11.5 Å². The normalized spacial score (nSPS) is 13.9. The highest BCUT2D eigenvalue weighted by Crippen LogP contribution is 2.32. The van der Waals surface area contributed by atoms with E-state index >= 15 is 0 Å². The van der Waals surface area contributed by atoms with Gasteiger partial charge in [0.15, 0.2) is 0 Å². The molecule has 0 spiro atoms. The third-order valence-corrected chi connectivity index (χ3v) is 6.79. The van der Waals surface area contributed by atoms with Crippen LogP contribution in [-0.4, -0.2) is 42.0 Å². The number of piperazine rings is 1. The summed E-state index contributed by atoms with van der Waals surface area (Å²) < 4.78 is 13.9. The molecule has 1 amide bonds. The van der Waals surface area contributed by atoms with Gasteiger partial charge in [-0.1, -0.05) is 29.8 Å². The molecule has 1 aliphatic rings. The molecule has 2 aromatic carbocycles. The van der Waals surface area contributed by atoms with Gasteiger partial charge in [-0.2, -0.15) is 5.26 Å². The Morgan fingerprint density at radius 2 is 1.87 bits per heavy atom. The fourth-order valence-corrected chi connectivity index (χ4v) is 5.07. The first-order valence-corrected chi connectivity index (χ1v) is 11.0. The van der Waals surface area contributed by atoms with Gasteiger partial charge in [0.25, 0.3) is 5.91 Å². The van der Waals surface area contributed by atoms with Crippen molar-refractivity contribution in [2.75, 3.05) is 31.1 Å². The largest absolute Gasteiger partial charge is 0.367 e. The molecule has 4 rings (SSSR count). The van der Waals surface area contributed by atoms with E-state index in [1.165, 1.54) is 23.0 Å². The van der Waals surface area contributed by atoms with Gasteiger partial charge in [-0.05, 0) is 38.5 Å². The Hall–Kier alpha value is -3.24. The van der Waals surface area contributed by atoms with Crippen molar-refractivity contribution in [3.8, 4) is 16.6 Å². The number of carbonyl (C=O) groups is 1. The lowest BCUT2D eigenvalue weighted by Crippen LogP contribution is -2.49. The molecule has 0 aliphatic carbocycles. The Balaban J connectivity index is 1.50. The predicted octanol–water partition coefficient (Wildman–Crippen LogP) is 4.71. The molecule has 1 saturated heterocycles. The number of thiazole rings is 1. The minimum absolute atomic E-state index is 0.0228. The number of hydrogen-bond donors (Lipinski definition) is 0. The van der Waals surface area contributed by atoms with E-state index < -0.39 is 5.82 Å². The van der Waals surface area contributed by atoms with Crippen LogP contribution >= 0.6 is 11.3 Å². The molecule has 1 aliphatic heterocycles. The molecule has 1 aromatic heterocycles. The maximum absolute atomic E-state index is 13.9. The van der Waals surface area contributed by atoms with Gasteiger partial charge < -0.3 is 9.80 Å². The first-order valence-electron chi connectivity index (χ1n) is 10.2. The summed E-state index contributed by atoms with van der Waals surface area (Å²) in [6.45, 7) is 8.10. The quantitative estimate of drug-likeness (QED) is 0.599. The number of anilines is 1. The van der Waals surface area contributed by atoms with Crippen LogP contribution in [-0.2, 0) is 0 Å². The molecule has 7 heteroatoms. The van der Waals surface area contributed by atoms with Gasteiger partial charge in [0.2, 0.25) is 0 Å². The highest BCUT2D eigenvalue weighted by molar-refractivity contribution is 7.17. The summed E-state index contributed by atoms with van der Waals surface area (Å²) in [7, 11) is 0. The second-order valence-electron chi connectivity index (χ2n) is 7.78. The average molecular weight is 435 g/mol. The zero-order chi connectivity index (χ0) is 22.1. The van der Waals surface area contributed by atoms with Gasteiger partial charge in [0.1, 0.15) is 27.3 Å². The lowest BCUT2D eigenvalue weighted by molar-refractivity contribution is 0.0750. The standard InChI is InChI=1S/C24H23FN4OS/c1-15-7-8-18(16(2)13-15)23-27-17(3)22(31-23)24(30)29-11-9-28(10-12-29)21-6-4-5-20(25)19(21)14-26/h4-8,13H,9-12H2,1-3H3. The van der Waals surface area contributed by atoms with Crippen molar-refractivity contribution in [3.63, 3.8) is 0 Å². The molecule has 1 fully saturated rings. The minimum atomic E-state index is -0.516. The van der Waals surface area contributed by atoms with Crippen molar-refractivity contribution >= 4 is 22.9 Å². The number of amides is 1. The second-order valence-corrected chi connectivity index (χ2v) is 8.78. The van der Waals surface area contributed by atoms with Crippen LogP contribution in [0, 0.1) is 37.9 Å². The molecule has 5 nitrogen and oxygen atoms in total. The molecule has 2 heterocycles. The number of carbonyl (C=O) groups excluding carboxylic acids is 1. The van der Waals surface area contributed by atoms with E-state index in [1.807, 2.05) is 22.8 Å². The van der Waals surface area contributed by atoms with Gasteiger partial charge in [-0.3, -0.25) is 4.79 Å². The van der Waals surface area contributed by atoms with Crippen LogP contribution in [0.2, 0.25) is 0 Å². The van der Waals surface area contributed by atoms with E-state index in [0.717, 1.165) is 21.8 Å². The lowest BCUT2D eigenvalue weighted by atomic mass is 10.1. The van der Waals surface area contributed by atoms with Crippen molar-refractivity contribution in [1.82, 2.24) is 9.88 Å². The molecule has 0 radical (unpaired) electrons. The zero-order valence-corrected chi connectivity index (χ0v) is 18.6. The van der Waals surface area contributed by atoms with Gasteiger partial charge in [-0.25, -0.2) is 9.37 Å². The van der Waals surface area contributed by atoms with Gasteiger partial charge in [-0.15, -0.1) is 11.3 Å². The summed E-state index contributed by atoms with van der Waals surface area (Å²) >= 11 is 1.43. The number of aromatic nitrogens is 1. The smallest absolute Gasteiger partial charge is 0.265 e. The molecule has 158 valence electrons. The predicted molar refractivity (Wildman–Crippen MR) is 121 cm³/mol. The van der Waals surface area contributed by atoms with Crippen LogP contribution in [0.15, 0.2) is 36.4 Å². The molecule has 31 heavy (non-hydrogen) atoms. The topological polar surface area (TPSA) is 60.2 Å². The Labute approximate surface area is 185 Å². The van der Waals surface area contributed by atoms with Crippen LogP contribution in [0.25, 0.3) is 10.6 Å². The molecule has 0 unspecified atom stereocenters. The highest BCUT2D eigenvalue weighted by Gasteiger charge is 2.27. The molecular weight excluding hydrogens is 411 g/mol. The van der Waals surface area contributed by atoms with E-state index in [4.69, 9.17) is 0 Å². The first kappa shape index (κ1) is 21.0. The van der Waals surface area contributed by atoms with E-state index in [1.54, 1.807) is 12.1 Å². The third kappa shape index (κ3) is 4.04. The highest BCUT2D eigenvalue weighted by atomic mass is 32.1. The fourth-order valence-electron chi connectivity index (χ4n) is 3.94. The molecular formula is C24H23FN4OS. The SMILES string of the molecule is Cc1ccc(-c2nc(C)c(C(=O)N3CCN(c4cccc(F)c4C#N)CC3)s2)c(C)c1. The molecule has 0 N–H and O–H groups in total. The maximum atomic E-state index is 13.9. The number of rotatable bonds is 3. The van der Waals surface area contributed by atoms with Crippen LogP contribution in [0.5, 0.6) is 0 Å². The number of halogens is 1. The van der Waals surface area contributed by atoms with Crippen molar-refractivity contribution in [2.45, 2.75) is 20.8 Å². The van der Waals surface area contributed by atoms with Crippen LogP contribution < -0.4 is 4.90 Å². The molecule has 3 aromatic rings. The first-order chi connectivity index (χ1) is 14.9. The van der Waals surface area contributed by atoms with E-state index in [9.17, 15) is 14.4 Å². The Morgan fingerprint density at radius 1 is 1.13 bits per heavy atom. The third-order valence-electron chi connectivity index (χ3n) is 5.61. The zero-order valence-electron chi connectivity index (χ0n) is 17.8. The average Bonchev–Trinajstić information content (AvgIpc) is 3.14. The Bertz CT molecular complexity index is 1190. The number of nitrogens with zero attached hydrogens (tertiary/aromatic N) is 4. The van der Waals surface area contributed by atoms with E-state index in [2.05, 4.69) is 37.0 Å². The number of nitriles is 1. The van der Waals surface area contributed by atoms with E-state index in [0.29, 0.717) is 36.7 Å². The lowest BCUT2D eigenvalue weighted by Gasteiger charge is -2.36. The minimum Gasteiger partial charge on any atom is -0.367 e. The number of aryl methyl sites for hydroxylation is 3. The Morgan fingerprint density at radius 3 is 2.55 bits per heavy atom. The fraction of sp³-hybridized carbons (Fsp3) is 0.292. The summed E-state index contributed by atoms with van der Waals surface area (Å²) in [6.07, 6.45) is 0. The van der Waals surface area contributed by atoms with Crippen LogP contribution in [0.4, 0.5) is 10.1 Å². The number of benzene rings is 2. The van der Waals surface area contributed by atoms with Crippen molar-refractivity contribution in [3.05, 3.63) is 69.5 Å². The molecule has 0 atom stereocenters. The Kier molecular flexibility index (Phi) is 5.75. The maximum Gasteiger partial charge on any atom is 0.265 e. The van der Waals surface area contributed by atoms with Gasteiger partial charge >= 0.3 is 0 Å². The van der Waals surface area contributed by atoms with Crippen molar-refractivity contribution in [1.29, 1.82) is 5.26 Å². The van der Waals surface area contributed by atoms with Crippen molar-refractivity contribution < 1.29 is 9.18 Å². The van der Waals surface area contributed by atoms with Crippen molar-refractivity contribution in [2.24, 2.45) is 0 Å². The van der Waals surface area contributed by atoms with Gasteiger partial charge in [0.05, 0.1) is 11.4 Å². The summed E-state index contributed by atoms with van der Waals surface area (Å²) in [6, 6.07) is 12.8. The summed E-state index contributed by atoms with van der Waals surface area (Å²) in [5, 5.41) is 10.2. The summed E-state index contributed by atoms with van der Waals surface area (Å²) in [4.78, 5) is 22.3. The molecule has 0 bridgehead atoms. The summed E-state index contributed by atoms with van der Waals surface area (Å²) in [5.74, 6) is -0.539.